The van der Waals surface area contributed by atoms with Crippen molar-refractivity contribution in [3.63, 3.8) is 0 Å². The first-order valence-corrected chi connectivity index (χ1v) is 8.78. The number of aromatic amines is 1. The summed E-state index contributed by atoms with van der Waals surface area (Å²) in [4.78, 5) is 28.0. The maximum Gasteiger partial charge on any atom is 0.258 e. The number of hydrogen-bond acceptors (Lipinski definition) is 6. The lowest BCUT2D eigenvalue weighted by Gasteiger charge is -2.08. The molecule has 0 saturated heterocycles. The first-order chi connectivity index (χ1) is 12.6. The van der Waals surface area contributed by atoms with Gasteiger partial charge in [0, 0.05) is 17.6 Å². The Morgan fingerprint density at radius 3 is 2.92 bits per heavy atom. The van der Waals surface area contributed by atoms with Crippen molar-refractivity contribution in [3.05, 3.63) is 68.4 Å². The molecule has 0 bridgehead atoms. The van der Waals surface area contributed by atoms with Gasteiger partial charge in [-0.15, -0.1) is 11.3 Å². The molecule has 0 unspecified atom stereocenters. The lowest BCUT2D eigenvalue weighted by Crippen LogP contribution is -2.14. The van der Waals surface area contributed by atoms with Crippen molar-refractivity contribution in [1.82, 2.24) is 19.9 Å². The molecule has 0 aliphatic heterocycles. The van der Waals surface area contributed by atoms with E-state index in [1.807, 2.05) is 5.38 Å². The van der Waals surface area contributed by atoms with Gasteiger partial charge >= 0.3 is 0 Å². The van der Waals surface area contributed by atoms with Crippen LogP contribution in [0.15, 0.2) is 46.1 Å². The van der Waals surface area contributed by atoms with Gasteiger partial charge in [-0.05, 0) is 18.2 Å². The number of nitrogens with zero attached hydrogens (tertiary/aromatic N) is 3. The van der Waals surface area contributed by atoms with Crippen LogP contribution in [0.2, 0.25) is 5.02 Å². The van der Waals surface area contributed by atoms with Crippen molar-refractivity contribution in [1.29, 1.82) is 0 Å². The Morgan fingerprint density at radius 1 is 1.27 bits per heavy atom. The number of fused-ring (bicyclic) bond motifs is 1. The van der Waals surface area contributed by atoms with Crippen LogP contribution in [-0.2, 0) is 6.61 Å². The summed E-state index contributed by atoms with van der Waals surface area (Å²) in [6.07, 6.45) is 1.55. The van der Waals surface area contributed by atoms with Crippen molar-refractivity contribution in [3.8, 4) is 17.1 Å². The quantitative estimate of drug-likeness (QED) is 0.575. The van der Waals surface area contributed by atoms with Gasteiger partial charge in [0.2, 0.25) is 0 Å². The van der Waals surface area contributed by atoms with Crippen LogP contribution < -0.4 is 10.3 Å². The second kappa shape index (κ2) is 6.81. The number of rotatable bonds is 4. The molecule has 1 N–H and O–H groups in total. The van der Waals surface area contributed by atoms with Crippen molar-refractivity contribution >= 4 is 33.8 Å². The Bertz CT molecular complexity index is 1150. The summed E-state index contributed by atoms with van der Waals surface area (Å²) >= 11 is 7.16. The van der Waals surface area contributed by atoms with Gasteiger partial charge in [-0.2, -0.15) is 0 Å². The molecule has 4 rings (SSSR count). The predicted octanol–water partition coefficient (Wildman–Crippen LogP) is 3.81. The molecule has 0 aliphatic rings. The van der Waals surface area contributed by atoms with Gasteiger partial charge in [0.25, 0.3) is 5.56 Å². The molecule has 3 heterocycles. The summed E-state index contributed by atoms with van der Waals surface area (Å²) in [5.41, 5.74) is 3.00. The van der Waals surface area contributed by atoms with Crippen LogP contribution in [0.3, 0.4) is 0 Å². The minimum atomic E-state index is -0.532. The standard InChI is InChI=1S/C17H10ClFN4O2S/c18-11-5-9(1-2-12(11)19)25-6-14-22-15-10(17(24)23-14)3-4-20-16(15)13-7-26-8-21-13/h1-5,7-8H,6H2,(H,22,23,24). The third-order valence-electron chi connectivity index (χ3n) is 3.62. The smallest absolute Gasteiger partial charge is 0.258 e. The van der Waals surface area contributed by atoms with Crippen molar-refractivity contribution in [2.75, 3.05) is 0 Å². The number of halogens is 2. The zero-order chi connectivity index (χ0) is 18.1. The van der Waals surface area contributed by atoms with E-state index in [1.54, 1.807) is 17.8 Å². The first kappa shape index (κ1) is 16.6. The Hall–Kier alpha value is -2.84. The molecule has 9 heteroatoms. The minimum absolute atomic E-state index is 0.0153. The Morgan fingerprint density at radius 2 is 2.15 bits per heavy atom. The molecule has 0 spiro atoms. The van der Waals surface area contributed by atoms with Crippen LogP contribution in [0.25, 0.3) is 22.3 Å². The highest BCUT2D eigenvalue weighted by Gasteiger charge is 2.13. The molecule has 0 aliphatic carbocycles. The number of aromatic nitrogens is 4. The summed E-state index contributed by atoms with van der Waals surface area (Å²) in [5, 5.41) is 2.20. The number of pyridine rings is 1. The first-order valence-electron chi connectivity index (χ1n) is 7.46. The van der Waals surface area contributed by atoms with Gasteiger partial charge in [0.05, 0.1) is 15.9 Å². The lowest BCUT2D eigenvalue weighted by atomic mass is 10.2. The van der Waals surface area contributed by atoms with Crippen molar-refractivity contribution < 1.29 is 9.13 Å². The number of nitrogens with one attached hydrogen (secondary N) is 1. The topological polar surface area (TPSA) is 80.8 Å². The average Bonchev–Trinajstić information content (AvgIpc) is 3.17. The fraction of sp³-hybridized carbons (Fsp3) is 0.0588. The van der Waals surface area contributed by atoms with Gasteiger partial charge in [0.15, 0.2) is 0 Å². The van der Waals surface area contributed by atoms with Gasteiger partial charge in [-0.1, -0.05) is 11.6 Å². The molecule has 0 amide bonds. The summed E-state index contributed by atoms with van der Waals surface area (Å²) in [7, 11) is 0. The molecule has 26 heavy (non-hydrogen) atoms. The molecular formula is C17H10ClFN4O2S. The fourth-order valence-electron chi connectivity index (χ4n) is 2.42. The van der Waals surface area contributed by atoms with Crippen LogP contribution >= 0.6 is 22.9 Å². The van der Waals surface area contributed by atoms with E-state index in [1.165, 1.54) is 29.5 Å². The maximum atomic E-state index is 13.2. The number of thiazole rings is 1. The third-order valence-corrected chi connectivity index (χ3v) is 4.49. The minimum Gasteiger partial charge on any atom is -0.486 e. The van der Waals surface area contributed by atoms with Gasteiger partial charge in [-0.25, -0.2) is 14.4 Å². The third kappa shape index (κ3) is 3.16. The highest BCUT2D eigenvalue weighted by Crippen LogP contribution is 2.24. The van der Waals surface area contributed by atoms with Crippen molar-refractivity contribution in [2.24, 2.45) is 0 Å². The largest absolute Gasteiger partial charge is 0.486 e. The zero-order valence-electron chi connectivity index (χ0n) is 13.1. The predicted molar refractivity (Wildman–Crippen MR) is 97.0 cm³/mol. The van der Waals surface area contributed by atoms with E-state index >= 15 is 0 Å². The molecule has 0 fully saturated rings. The zero-order valence-corrected chi connectivity index (χ0v) is 14.6. The van der Waals surface area contributed by atoms with E-state index in [4.69, 9.17) is 16.3 Å². The van der Waals surface area contributed by atoms with E-state index in [9.17, 15) is 9.18 Å². The second-order valence-electron chi connectivity index (χ2n) is 5.31. The molecule has 0 radical (unpaired) electrons. The van der Waals surface area contributed by atoms with Crippen LogP contribution in [0, 0.1) is 5.82 Å². The summed E-state index contributed by atoms with van der Waals surface area (Å²) in [6, 6.07) is 5.61. The lowest BCUT2D eigenvalue weighted by molar-refractivity contribution is 0.295. The van der Waals surface area contributed by atoms with E-state index in [0.717, 1.165) is 0 Å². The summed E-state index contributed by atoms with van der Waals surface area (Å²) in [6.45, 7) is -0.0153. The average molecular weight is 389 g/mol. The molecule has 0 atom stereocenters. The monoisotopic (exact) mass is 388 g/mol. The van der Waals surface area contributed by atoms with Gasteiger partial charge in [-0.3, -0.25) is 9.78 Å². The van der Waals surface area contributed by atoms with E-state index < -0.39 is 5.82 Å². The van der Waals surface area contributed by atoms with Crippen LogP contribution in [0.1, 0.15) is 5.82 Å². The Kier molecular flexibility index (Phi) is 4.36. The van der Waals surface area contributed by atoms with Gasteiger partial charge < -0.3 is 9.72 Å². The number of H-pyrrole nitrogens is 1. The summed E-state index contributed by atoms with van der Waals surface area (Å²) in [5.74, 6) is 0.146. The number of hydrogen-bond donors (Lipinski definition) is 1. The molecule has 130 valence electrons. The van der Waals surface area contributed by atoms with Crippen molar-refractivity contribution in [2.45, 2.75) is 6.61 Å². The Labute approximate surface area is 155 Å². The van der Waals surface area contributed by atoms with Gasteiger partial charge in [0.1, 0.15) is 40.9 Å². The van der Waals surface area contributed by atoms with E-state index in [2.05, 4.69) is 19.9 Å². The molecule has 1 aromatic carbocycles. The maximum absolute atomic E-state index is 13.2. The van der Waals surface area contributed by atoms with E-state index in [-0.39, 0.29) is 17.2 Å². The molecule has 0 saturated carbocycles. The van der Waals surface area contributed by atoms with Crippen LogP contribution in [-0.4, -0.2) is 19.9 Å². The number of ether oxygens (including phenoxy) is 1. The number of benzene rings is 1. The van der Waals surface area contributed by atoms with E-state index in [0.29, 0.717) is 33.9 Å². The second-order valence-corrected chi connectivity index (χ2v) is 6.43. The molecular weight excluding hydrogens is 379 g/mol. The Balaban J connectivity index is 1.71. The SMILES string of the molecule is O=c1[nH]c(COc2ccc(F)c(Cl)c2)nc2c(-c3cscn3)nccc12. The fourth-order valence-corrected chi connectivity index (χ4v) is 3.12. The summed E-state index contributed by atoms with van der Waals surface area (Å²) < 4.78 is 18.8. The van der Waals surface area contributed by atoms with Crippen LogP contribution in [0.5, 0.6) is 5.75 Å². The molecule has 3 aromatic heterocycles. The normalized spacial score (nSPS) is 11.0. The highest BCUT2D eigenvalue weighted by atomic mass is 35.5. The van der Waals surface area contributed by atoms with Crippen LogP contribution in [0.4, 0.5) is 4.39 Å². The molecule has 4 aromatic rings. The molecule has 6 nitrogen and oxygen atoms in total. The highest BCUT2D eigenvalue weighted by molar-refractivity contribution is 7.07.